The van der Waals surface area contributed by atoms with Crippen molar-refractivity contribution in [1.82, 2.24) is 10.2 Å². The fourth-order valence-electron chi connectivity index (χ4n) is 2.68. The van der Waals surface area contributed by atoms with Crippen molar-refractivity contribution in [3.05, 3.63) is 35.9 Å². The topological polar surface area (TPSA) is 92.5 Å². The Bertz CT molecular complexity index is 666. The van der Waals surface area contributed by atoms with Gasteiger partial charge in [0.15, 0.2) is 0 Å². The monoisotopic (exact) mass is 271 g/mol. The van der Waals surface area contributed by atoms with Crippen LogP contribution in [0.5, 0.6) is 0 Å². The minimum Gasteiger partial charge on any atom is -0.398 e. The van der Waals surface area contributed by atoms with Gasteiger partial charge in [-0.1, -0.05) is 18.7 Å². The number of nitrogen functional groups attached to an aromatic ring is 1. The van der Waals surface area contributed by atoms with Crippen molar-refractivity contribution in [3.63, 3.8) is 0 Å². The summed E-state index contributed by atoms with van der Waals surface area (Å²) in [5.74, 6) is -1.12. The van der Waals surface area contributed by atoms with Gasteiger partial charge in [-0.15, -0.1) is 0 Å². The number of anilines is 1. The van der Waals surface area contributed by atoms with Crippen molar-refractivity contribution >= 4 is 29.1 Å². The van der Waals surface area contributed by atoms with Gasteiger partial charge in [-0.25, -0.2) is 0 Å². The second-order valence-electron chi connectivity index (χ2n) is 4.86. The highest BCUT2D eigenvalue weighted by atomic mass is 16.2. The Kier molecular flexibility index (Phi) is 2.60. The van der Waals surface area contributed by atoms with Gasteiger partial charge in [-0.2, -0.15) is 0 Å². The summed E-state index contributed by atoms with van der Waals surface area (Å²) in [7, 11) is 0. The molecule has 2 aliphatic heterocycles. The van der Waals surface area contributed by atoms with Crippen molar-refractivity contribution in [3.8, 4) is 0 Å². The number of nitrogens with zero attached hydrogens (tertiary/aromatic N) is 1. The van der Waals surface area contributed by atoms with Gasteiger partial charge >= 0.3 is 0 Å². The molecule has 3 N–H and O–H groups in total. The van der Waals surface area contributed by atoms with Crippen LogP contribution in [0.25, 0.3) is 5.70 Å². The Balaban J connectivity index is 2.00. The third kappa shape index (κ3) is 1.61. The largest absolute Gasteiger partial charge is 0.398 e. The molecule has 1 saturated heterocycles. The van der Waals surface area contributed by atoms with Crippen molar-refractivity contribution < 1.29 is 14.4 Å². The van der Waals surface area contributed by atoms with Crippen LogP contribution in [0.2, 0.25) is 0 Å². The standard InChI is InChI=1S/C14H13N3O3/c1-7-8-3-2-4-9(15)12(8)14(20)17(7)10-5-6-11(18)16-13(10)19/h2-4,10H,1,5-6,15H2,(H,16,18,19). The lowest BCUT2D eigenvalue weighted by Gasteiger charge is -2.30. The zero-order chi connectivity index (χ0) is 14.4. The molecule has 1 aromatic carbocycles. The van der Waals surface area contributed by atoms with Crippen molar-refractivity contribution in [2.24, 2.45) is 0 Å². The maximum Gasteiger partial charge on any atom is 0.261 e. The van der Waals surface area contributed by atoms with E-state index in [1.165, 1.54) is 4.90 Å². The zero-order valence-electron chi connectivity index (χ0n) is 10.7. The third-order valence-corrected chi connectivity index (χ3v) is 3.65. The summed E-state index contributed by atoms with van der Waals surface area (Å²) < 4.78 is 0. The molecule has 3 rings (SSSR count). The molecule has 0 saturated carbocycles. The molecule has 0 aromatic heterocycles. The van der Waals surface area contributed by atoms with Crippen LogP contribution in [0, 0.1) is 0 Å². The van der Waals surface area contributed by atoms with Gasteiger partial charge in [0.2, 0.25) is 11.8 Å². The van der Waals surface area contributed by atoms with Crippen molar-refractivity contribution in [2.45, 2.75) is 18.9 Å². The predicted octanol–water partition coefficient (Wildman–Crippen LogP) is 0.501. The Hall–Kier alpha value is -2.63. The van der Waals surface area contributed by atoms with Gasteiger partial charge in [-0.3, -0.25) is 24.6 Å². The highest BCUT2D eigenvalue weighted by Gasteiger charge is 2.42. The van der Waals surface area contributed by atoms with Crippen molar-refractivity contribution in [1.29, 1.82) is 0 Å². The molecule has 6 heteroatoms. The highest BCUT2D eigenvalue weighted by molar-refractivity contribution is 6.15. The summed E-state index contributed by atoms with van der Waals surface area (Å²) in [5.41, 5.74) is 7.66. The fourth-order valence-corrected chi connectivity index (χ4v) is 2.68. The lowest BCUT2D eigenvalue weighted by molar-refractivity contribution is -0.136. The number of imide groups is 1. The normalized spacial score (nSPS) is 22.0. The minimum absolute atomic E-state index is 0.208. The molecule has 0 aliphatic carbocycles. The molecule has 0 spiro atoms. The van der Waals surface area contributed by atoms with E-state index in [0.717, 1.165) is 0 Å². The number of piperidine rings is 1. The van der Waals surface area contributed by atoms with Gasteiger partial charge in [0.1, 0.15) is 6.04 Å². The van der Waals surface area contributed by atoms with Crippen LogP contribution in [-0.4, -0.2) is 28.7 Å². The summed E-state index contributed by atoms with van der Waals surface area (Å²) in [6.07, 6.45) is 0.503. The number of benzene rings is 1. The molecule has 1 aromatic rings. The Morgan fingerprint density at radius 1 is 1.30 bits per heavy atom. The molecule has 102 valence electrons. The zero-order valence-corrected chi connectivity index (χ0v) is 10.7. The minimum atomic E-state index is -0.709. The summed E-state index contributed by atoms with van der Waals surface area (Å²) in [5, 5.41) is 2.24. The van der Waals surface area contributed by atoms with Crippen LogP contribution in [0.3, 0.4) is 0 Å². The number of rotatable bonds is 1. The van der Waals surface area contributed by atoms with E-state index in [9.17, 15) is 14.4 Å². The van der Waals surface area contributed by atoms with Crippen LogP contribution in [0.4, 0.5) is 5.69 Å². The van der Waals surface area contributed by atoms with Gasteiger partial charge in [-0.05, 0) is 12.5 Å². The Morgan fingerprint density at radius 2 is 2.05 bits per heavy atom. The number of nitrogens with two attached hydrogens (primary N) is 1. The molecule has 0 radical (unpaired) electrons. The van der Waals surface area contributed by atoms with Gasteiger partial charge in [0, 0.05) is 23.4 Å². The molecular weight excluding hydrogens is 258 g/mol. The number of hydrogen-bond donors (Lipinski definition) is 2. The lowest BCUT2D eigenvalue weighted by Crippen LogP contribution is -2.52. The molecule has 2 heterocycles. The van der Waals surface area contributed by atoms with Gasteiger partial charge in [0.25, 0.3) is 5.91 Å². The SMILES string of the molecule is C=C1c2cccc(N)c2C(=O)N1C1CCC(=O)NC1=O. The summed E-state index contributed by atoms with van der Waals surface area (Å²) in [6.45, 7) is 3.88. The summed E-state index contributed by atoms with van der Waals surface area (Å²) >= 11 is 0. The predicted molar refractivity (Wildman–Crippen MR) is 72.2 cm³/mol. The number of carbonyl (C=O) groups is 3. The summed E-state index contributed by atoms with van der Waals surface area (Å²) in [4.78, 5) is 36.9. The highest BCUT2D eigenvalue weighted by Crippen LogP contribution is 2.37. The van der Waals surface area contributed by atoms with E-state index in [1.54, 1.807) is 18.2 Å². The van der Waals surface area contributed by atoms with Gasteiger partial charge < -0.3 is 5.73 Å². The van der Waals surface area contributed by atoms with Crippen LogP contribution < -0.4 is 11.1 Å². The molecular formula is C14H13N3O3. The fraction of sp³-hybridized carbons (Fsp3) is 0.214. The second kappa shape index (κ2) is 4.19. The molecule has 1 fully saturated rings. The molecule has 20 heavy (non-hydrogen) atoms. The first-order valence-corrected chi connectivity index (χ1v) is 6.25. The molecule has 2 aliphatic rings. The van der Waals surface area contributed by atoms with E-state index in [-0.39, 0.29) is 18.2 Å². The lowest BCUT2D eigenvalue weighted by atomic mass is 10.0. The molecule has 6 nitrogen and oxygen atoms in total. The van der Waals surface area contributed by atoms with E-state index < -0.39 is 11.9 Å². The maximum absolute atomic E-state index is 12.5. The first kappa shape index (κ1) is 12.4. The summed E-state index contributed by atoms with van der Waals surface area (Å²) in [6, 6.07) is 4.41. The third-order valence-electron chi connectivity index (χ3n) is 3.65. The average molecular weight is 271 g/mol. The smallest absolute Gasteiger partial charge is 0.261 e. The number of amides is 3. The van der Waals surface area contributed by atoms with Crippen LogP contribution >= 0.6 is 0 Å². The Labute approximate surface area is 115 Å². The first-order valence-electron chi connectivity index (χ1n) is 6.25. The second-order valence-corrected chi connectivity index (χ2v) is 4.86. The molecule has 3 amide bonds. The van der Waals surface area contributed by atoms with Crippen LogP contribution in [-0.2, 0) is 9.59 Å². The number of fused-ring (bicyclic) bond motifs is 1. The van der Waals surface area contributed by atoms with E-state index in [0.29, 0.717) is 28.9 Å². The molecule has 1 unspecified atom stereocenters. The van der Waals surface area contributed by atoms with E-state index in [1.807, 2.05) is 0 Å². The van der Waals surface area contributed by atoms with Crippen molar-refractivity contribution in [2.75, 3.05) is 5.73 Å². The van der Waals surface area contributed by atoms with Crippen LogP contribution in [0.15, 0.2) is 24.8 Å². The Morgan fingerprint density at radius 3 is 2.70 bits per heavy atom. The van der Waals surface area contributed by atoms with E-state index in [2.05, 4.69) is 11.9 Å². The maximum atomic E-state index is 12.5. The first-order chi connectivity index (χ1) is 9.50. The van der Waals surface area contributed by atoms with Gasteiger partial charge in [0.05, 0.1) is 5.56 Å². The molecule has 0 bridgehead atoms. The molecule has 1 atom stereocenters. The number of hydrogen-bond acceptors (Lipinski definition) is 4. The number of nitrogens with one attached hydrogen (secondary N) is 1. The number of carbonyl (C=O) groups excluding carboxylic acids is 3. The van der Waals surface area contributed by atoms with Crippen LogP contribution in [0.1, 0.15) is 28.8 Å². The van der Waals surface area contributed by atoms with E-state index in [4.69, 9.17) is 5.73 Å². The average Bonchev–Trinajstić information content (AvgIpc) is 2.64. The quantitative estimate of drug-likeness (QED) is 0.574. The van der Waals surface area contributed by atoms with E-state index >= 15 is 0 Å².